The second-order valence-electron chi connectivity index (χ2n) is 5.07. The molecule has 0 spiro atoms. The average Bonchev–Trinajstić information content (AvgIpc) is 2.72. The van der Waals surface area contributed by atoms with Gasteiger partial charge in [-0.1, -0.05) is 30.8 Å². The molecule has 1 aromatic rings. The highest BCUT2D eigenvalue weighted by Crippen LogP contribution is 2.30. The maximum absolute atomic E-state index is 6.05. The molecule has 2 N–H and O–H groups in total. The fraction of sp³-hybridized carbons (Fsp3) is 0.846. The van der Waals surface area contributed by atoms with Gasteiger partial charge in [-0.3, -0.25) is 0 Å². The van der Waals surface area contributed by atoms with Crippen molar-refractivity contribution in [2.75, 3.05) is 12.0 Å². The fourth-order valence-corrected chi connectivity index (χ4v) is 2.96. The molecule has 102 valence electrons. The van der Waals surface area contributed by atoms with Crippen molar-refractivity contribution >= 4 is 11.8 Å². The van der Waals surface area contributed by atoms with E-state index in [-0.39, 0.29) is 6.04 Å². The third-order valence-electron chi connectivity index (χ3n) is 3.63. The summed E-state index contributed by atoms with van der Waals surface area (Å²) in [6.07, 6.45) is 10.6. The van der Waals surface area contributed by atoms with Crippen LogP contribution in [0.15, 0.2) is 4.52 Å². The van der Waals surface area contributed by atoms with Crippen LogP contribution in [0.5, 0.6) is 0 Å². The lowest BCUT2D eigenvalue weighted by molar-refractivity contribution is 0.345. The van der Waals surface area contributed by atoms with Crippen molar-refractivity contribution in [1.82, 2.24) is 10.1 Å². The summed E-state index contributed by atoms with van der Waals surface area (Å²) in [5.41, 5.74) is 6.05. The molecular formula is C13H23N3OS. The lowest BCUT2D eigenvalue weighted by Gasteiger charge is -2.08. The van der Waals surface area contributed by atoms with Crippen LogP contribution in [0.3, 0.4) is 0 Å². The van der Waals surface area contributed by atoms with Gasteiger partial charge < -0.3 is 10.3 Å². The van der Waals surface area contributed by atoms with E-state index in [0.29, 0.717) is 11.8 Å². The van der Waals surface area contributed by atoms with E-state index in [9.17, 15) is 0 Å². The van der Waals surface area contributed by atoms with Crippen molar-refractivity contribution < 1.29 is 4.52 Å². The van der Waals surface area contributed by atoms with Gasteiger partial charge in [-0.05, 0) is 31.3 Å². The van der Waals surface area contributed by atoms with Gasteiger partial charge in [0.25, 0.3) is 0 Å². The number of hydrogen-bond acceptors (Lipinski definition) is 5. The van der Waals surface area contributed by atoms with Crippen LogP contribution in [0.1, 0.15) is 68.6 Å². The second-order valence-corrected chi connectivity index (χ2v) is 6.05. The van der Waals surface area contributed by atoms with E-state index in [0.717, 1.165) is 18.0 Å². The molecule has 1 heterocycles. The van der Waals surface area contributed by atoms with Crippen LogP contribution in [0.2, 0.25) is 0 Å². The Morgan fingerprint density at radius 3 is 2.72 bits per heavy atom. The minimum absolute atomic E-state index is 0.107. The van der Waals surface area contributed by atoms with Crippen molar-refractivity contribution in [1.29, 1.82) is 0 Å². The molecule has 0 aromatic carbocycles. The fourth-order valence-electron chi connectivity index (χ4n) is 2.47. The van der Waals surface area contributed by atoms with Crippen LogP contribution < -0.4 is 5.73 Å². The molecule has 2 rings (SSSR count). The largest absolute Gasteiger partial charge is 0.338 e. The zero-order chi connectivity index (χ0) is 12.8. The van der Waals surface area contributed by atoms with Gasteiger partial charge in [-0.2, -0.15) is 16.7 Å². The molecule has 1 unspecified atom stereocenters. The molecule has 1 fully saturated rings. The molecule has 18 heavy (non-hydrogen) atoms. The Hall–Kier alpha value is -0.550. The van der Waals surface area contributed by atoms with Crippen molar-refractivity contribution in [3.8, 4) is 0 Å². The van der Waals surface area contributed by atoms with E-state index in [1.54, 1.807) is 11.8 Å². The summed E-state index contributed by atoms with van der Waals surface area (Å²) in [4.78, 5) is 4.52. The predicted octanol–water partition coefficient (Wildman–Crippen LogP) is 3.26. The number of hydrogen-bond donors (Lipinski definition) is 1. The number of aromatic nitrogens is 2. The Kier molecular flexibility index (Phi) is 5.50. The van der Waals surface area contributed by atoms with Crippen molar-refractivity contribution in [3.05, 3.63) is 11.7 Å². The third kappa shape index (κ3) is 3.72. The first-order valence-corrected chi connectivity index (χ1v) is 8.28. The summed E-state index contributed by atoms with van der Waals surface area (Å²) in [5.74, 6) is 3.01. The molecule has 0 radical (unpaired) electrons. The standard InChI is InChI=1S/C13H23N3OS/c1-18-9-8-11(14)13-15-12(16-17-13)10-6-4-2-3-5-7-10/h10-11H,2-9,14H2,1H3. The molecule has 1 aliphatic carbocycles. The Morgan fingerprint density at radius 2 is 2.06 bits per heavy atom. The van der Waals surface area contributed by atoms with E-state index >= 15 is 0 Å². The summed E-state index contributed by atoms with van der Waals surface area (Å²) < 4.78 is 5.32. The minimum atomic E-state index is -0.107. The molecule has 0 amide bonds. The van der Waals surface area contributed by atoms with Crippen LogP contribution in [0, 0.1) is 0 Å². The summed E-state index contributed by atoms with van der Waals surface area (Å²) in [5, 5.41) is 4.14. The zero-order valence-electron chi connectivity index (χ0n) is 11.1. The predicted molar refractivity (Wildman–Crippen MR) is 74.7 cm³/mol. The molecule has 1 saturated carbocycles. The van der Waals surface area contributed by atoms with Gasteiger partial charge in [0.2, 0.25) is 5.89 Å². The van der Waals surface area contributed by atoms with Crippen LogP contribution in [0.4, 0.5) is 0 Å². The van der Waals surface area contributed by atoms with Crippen LogP contribution >= 0.6 is 11.8 Å². The van der Waals surface area contributed by atoms with E-state index in [2.05, 4.69) is 16.4 Å². The molecule has 1 atom stereocenters. The topological polar surface area (TPSA) is 64.9 Å². The molecule has 5 heteroatoms. The van der Waals surface area contributed by atoms with Gasteiger partial charge in [0.05, 0.1) is 6.04 Å². The van der Waals surface area contributed by atoms with Gasteiger partial charge in [0, 0.05) is 5.92 Å². The highest BCUT2D eigenvalue weighted by molar-refractivity contribution is 7.98. The Bertz CT molecular complexity index is 348. The number of nitrogens with two attached hydrogens (primary N) is 1. The third-order valence-corrected chi connectivity index (χ3v) is 4.27. The van der Waals surface area contributed by atoms with E-state index < -0.39 is 0 Å². The Balaban J connectivity index is 1.95. The molecule has 0 saturated heterocycles. The van der Waals surface area contributed by atoms with Crippen molar-refractivity contribution in [2.45, 2.75) is 56.9 Å². The second kappa shape index (κ2) is 7.14. The van der Waals surface area contributed by atoms with Crippen LogP contribution in [-0.4, -0.2) is 22.1 Å². The first-order chi connectivity index (χ1) is 8.81. The van der Waals surface area contributed by atoms with Gasteiger partial charge in [-0.15, -0.1) is 0 Å². The smallest absolute Gasteiger partial charge is 0.243 e. The minimum Gasteiger partial charge on any atom is -0.338 e. The molecule has 0 bridgehead atoms. The van der Waals surface area contributed by atoms with Crippen molar-refractivity contribution in [2.24, 2.45) is 5.73 Å². The monoisotopic (exact) mass is 269 g/mol. The van der Waals surface area contributed by atoms with Gasteiger partial charge in [-0.25, -0.2) is 0 Å². The van der Waals surface area contributed by atoms with E-state index in [1.165, 1.54) is 38.5 Å². The number of rotatable bonds is 5. The van der Waals surface area contributed by atoms with Gasteiger partial charge >= 0.3 is 0 Å². The maximum Gasteiger partial charge on any atom is 0.243 e. The zero-order valence-corrected chi connectivity index (χ0v) is 11.9. The van der Waals surface area contributed by atoms with Gasteiger partial charge in [0.1, 0.15) is 0 Å². The first kappa shape index (κ1) is 13.9. The number of nitrogens with zero attached hydrogens (tertiary/aromatic N) is 2. The molecule has 4 nitrogen and oxygen atoms in total. The maximum atomic E-state index is 6.05. The van der Waals surface area contributed by atoms with E-state index in [4.69, 9.17) is 10.3 Å². The lowest BCUT2D eigenvalue weighted by atomic mass is 10.00. The van der Waals surface area contributed by atoms with E-state index in [1.807, 2.05) is 0 Å². The molecule has 1 aromatic heterocycles. The van der Waals surface area contributed by atoms with Gasteiger partial charge in [0.15, 0.2) is 5.82 Å². The SMILES string of the molecule is CSCCC(N)c1nc(C2CCCCCC2)no1. The highest BCUT2D eigenvalue weighted by Gasteiger charge is 2.21. The highest BCUT2D eigenvalue weighted by atomic mass is 32.2. The lowest BCUT2D eigenvalue weighted by Crippen LogP contribution is -2.12. The molecular weight excluding hydrogens is 246 g/mol. The first-order valence-electron chi connectivity index (χ1n) is 6.89. The Morgan fingerprint density at radius 1 is 1.33 bits per heavy atom. The molecule has 0 aliphatic heterocycles. The summed E-state index contributed by atoms with van der Waals surface area (Å²) in [7, 11) is 0. The summed E-state index contributed by atoms with van der Waals surface area (Å²) >= 11 is 1.79. The summed E-state index contributed by atoms with van der Waals surface area (Å²) in [6.45, 7) is 0. The quantitative estimate of drug-likeness (QED) is 0.831. The number of thioether (sulfide) groups is 1. The van der Waals surface area contributed by atoms with Crippen LogP contribution in [-0.2, 0) is 0 Å². The summed E-state index contributed by atoms with van der Waals surface area (Å²) in [6, 6.07) is -0.107. The van der Waals surface area contributed by atoms with Crippen LogP contribution in [0.25, 0.3) is 0 Å². The van der Waals surface area contributed by atoms with Crippen molar-refractivity contribution in [3.63, 3.8) is 0 Å². The normalized spacial score (nSPS) is 19.7. The Labute approximate surface area is 113 Å². The average molecular weight is 269 g/mol. The molecule has 1 aliphatic rings.